The Morgan fingerprint density at radius 1 is 1.20 bits per heavy atom. The van der Waals surface area contributed by atoms with Crippen LogP contribution in [0.2, 0.25) is 0 Å². The Morgan fingerprint density at radius 3 is 2.40 bits per heavy atom. The van der Waals surface area contributed by atoms with Gasteiger partial charge in [-0.25, -0.2) is 0 Å². The molecule has 58 valence electrons. The molecule has 1 atom stereocenters. The predicted molar refractivity (Wildman–Crippen MR) is 57.2 cm³/mol. The number of thioether (sulfide) groups is 4. The molecule has 0 aliphatic carbocycles. The van der Waals surface area contributed by atoms with Crippen LogP contribution >= 0.6 is 47.0 Å². The lowest BCUT2D eigenvalue weighted by atomic mass is 10.6. The summed E-state index contributed by atoms with van der Waals surface area (Å²) in [4.78, 5) is 0. The van der Waals surface area contributed by atoms with Crippen molar-refractivity contribution < 1.29 is 0 Å². The molecule has 0 unspecified atom stereocenters. The summed E-state index contributed by atoms with van der Waals surface area (Å²) in [5, 5.41) is 0.878. The summed E-state index contributed by atoms with van der Waals surface area (Å²) in [5.41, 5.74) is 0. The lowest BCUT2D eigenvalue weighted by Crippen LogP contribution is -1.99. The molecule has 0 N–H and O–H groups in total. The Morgan fingerprint density at radius 2 is 1.90 bits per heavy atom. The van der Waals surface area contributed by atoms with E-state index in [2.05, 4.69) is 54.0 Å². The standard InChI is InChI=1S/C6H10S4/c1-5-4-9-6(10-5)7-2-3-8-6/h5H,2-4H2,1H3/t5-/m0/s1. The van der Waals surface area contributed by atoms with Gasteiger partial charge in [0.25, 0.3) is 0 Å². The van der Waals surface area contributed by atoms with E-state index >= 15 is 0 Å². The van der Waals surface area contributed by atoms with E-state index < -0.39 is 0 Å². The molecule has 0 saturated carbocycles. The average molecular weight is 210 g/mol. The fourth-order valence-corrected chi connectivity index (χ4v) is 9.04. The van der Waals surface area contributed by atoms with Gasteiger partial charge in [-0.15, -0.1) is 47.0 Å². The molecule has 0 aromatic rings. The zero-order chi connectivity index (χ0) is 7.03. The summed E-state index contributed by atoms with van der Waals surface area (Å²) in [7, 11) is 0. The van der Waals surface area contributed by atoms with E-state index in [1.165, 1.54) is 17.3 Å². The van der Waals surface area contributed by atoms with Crippen molar-refractivity contribution in [1.82, 2.24) is 0 Å². The molecule has 4 heteroatoms. The van der Waals surface area contributed by atoms with Crippen LogP contribution in [0.3, 0.4) is 0 Å². The maximum absolute atomic E-state index is 2.34. The monoisotopic (exact) mass is 210 g/mol. The molecule has 0 amide bonds. The molecular weight excluding hydrogens is 200 g/mol. The largest absolute Gasteiger partial charge is 0.154 e. The molecule has 0 bridgehead atoms. The van der Waals surface area contributed by atoms with Gasteiger partial charge in [0.2, 0.25) is 0 Å². The van der Waals surface area contributed by atoms with Crippen LogP contribution in [-0.4, -0.2) is 25.3 Å². The Labute approximate surface area is 79.0 Å². The number of rotatable bonds is 0. The Hall–Kier alpha value is 1.40. The summed E-state index contributed by atoms with van der Waals surface area (Å²) in [6.07, 6.45) is 0. The minimum Gasteiger partial charge on any atom is -0.122 e. The maximum Gasteiger partial charge on any atom is 0.154 e. The van der Waals surface area contributed by atoms with Crippen molar-refractivity contribution in [3.05, 3.63) is 0 Å². The highest BCUT2D eigenvalue weighted by atomic mass is 32.3. The molecule has 2 saturated heterocycles. The van der Waals surface area contributed by atoms with Gasteiger partial charge >= 0.3 is 0 Å². The topological polar surface area (TPSA) is 0 Å². The van der Waals surface area contributed by atoms with Crippen molar-refractivity contribution >= 4 is 47.0 Å². The highest BCUT2D eigenvalue weighted by Crippen LogP contribution is 2.64. The minimum atomic E-state index is 0.527. The second kappa shape index (κ2) is 3.04. The van der Waals surface area contributed by atoms with Crippen molar-refractivity contribution in [1.29, 1.82) is 0 Å². The van der Waals surface area contributed by atoms with Gasteiger partial charge in [0, 0.05) is 22.5 Å². The molecule has 0 radical (unpaired) electrons. The fourth-order valence-electron chi connectivity index (χ4n) is 1.06. The van der Waals surface area contributed by atoms with Crippen LogP contribution in [0.25, 0.3) is 0 Å². The van der Waals surface area contributed by atoms with E-state index in [0.717, 1.165) is 5.25 Å². The quantitative estimate of drug-likeness (QED) is 0.602. The first kappa shape index (κ1) is 8.02. The van der Waals surface area contributed by atoms with Crippen LogP contribution in [0.1, 0.15) is 6.92 Å². The van der Waals surface area contributed by atoms with Gasteiger partial charge in [-0.3, -0.25) is 0 Å². The highest BCUT2D eigenvalue weighted by molar-refractivity contribution is 8.50. The summed E-state index contributed by atoms with van der Waals surface area (Å²) in [6.45, 7) is 2.34. The lowest BCUT2D eigenvalue weighted by Gasteiger charge is -2.17. The third-order valence-corrected chi connectivity index (χ3v) is 9.40. The minimum absolute atomic E-state index is 0.527. The van der Waals surface area contributed by atoms with Crippen molar-refractivity contribution in [3.63, 3.8) is 0 Å². The zero-order valence-electron chi connectivity index (χ0n) is 5.83. The third kappa shape index (κ3) is 1.45. The number of hydrogen-bond donors (Lipinski definition) is 0. The second-order valence-electron chi connectivity index (χ2n) is 2.44. The highest BCUT2D eigenvalue weighted by Gasteiger charge is 2.43. The molecule has 2 heterocycles. The molecule has 0 aromatic carbocycles. The number of hydrogen-bond acceptors (Lipinski definition) is 4. The molecule has 1 spiro atoms. The van der Waals surface area contributed by atoms with Crippen molar-refractivity contribution in [2.24, 2.45) is 0 Å². The molecule has 2 aliphatic rings. The normalized spacial score (nSPS) is 37.5. The van der Waals surface area contributed by atoms with E-state index in [9.17, 15) is 0 Å². The summed E-state index contributed by atoms with van der Waals surface area (Å²) in [6, 6.07) is 0. The molecule has 0 nitrogen and oxygen atoms in total. The Bertz CT molecular complexity index is 130. The van der Waals surface area contributed by atoms with Crippen LogP contribution in [0.4, 0.5) is 0 Å². The van der Waals surface area contributed by atoms with Crippen LogP contribution in [0.5, 0.6) is 0 Å². The first-order valence-corrected chi connectivity index (χ1v) is 7.24. The average Bonchev–Trinajstić information content (AvgIpc) is 2.46. The van der Waals surface area contributed by atoms with Gasteiger partial charge in [0.05, 0.1) is 0 Å². The fraction of sp³-hybridized carbons (Fsp3) is 1.00. The van der Waals surface area contributed by atoms with Gasteiger partial charge in [0.1, 0.15) is 0 Å². The Kier molecular flexibility index (Phi) is 2.43. The maximum atomic E-state index is 2.34. The van der Waals surface area contributed by atoms with Gasteiger partial charge in [-0.05, 0) is 0 Å². The van der Waals surface area contributed by atoms with Gasteiger partial charge in [0.15, 0.2) is 2.74 Å². The van der Waals surface area contributed by atoms with Crippen molar-refractivity contribution in [3.8, 4) is 0 Å². The van der Waals surface area contributed by atoms with Crippen LogP contribution in [-0.2, 0) is 0 Å². The van der Waals surface area contributed by atoms with Crippen LogP contribution in [0.15, 0.2) is 0 Å². The SMILES string of the molecule is C[C@H]1CSC2(SCCS2)S1. The summed E-state index contributed by atoms with van der Waals surface area (Å²) >= 11 is 8.60. The second-order valence-corrected chi connectivity index (χ2v) is 9.49. The third-order valence-electron chi connectivity index (χ3n) is 1.48. The molecule has 0 aromatic heterocycles. The van der Waals surface area contributed by atoms with E-state index in [1.54, 1.807) is 0 Å². The van der Waals surface area contributed by atoms with Crippen LogP contribution < -0.4 is 0 Å². The van der Waals surface area contributed by atoms with Gasteiger partial charge in [-0.2, -0.15) is 0 Å². The molecule has 2 rings (SSSR count). The van der Waals surface area contributed by atoms with Crippen molar-refractivity contribution in [2.45, 2.75) is 14.9 Å². The van der Waals surface area contributed by atoms with E-state index in [1.807, 2.05) is 0 Å². The van der Waals surface area contributed by atoms with Crippen LogP contribution in [0, 0.1) is 0 Å². The van der Waals surface area contributed by atoms with E-state index in [0.29, 0.717) is 2.74 Å². The van der Waals surface area contributed by atoms with Gasteiger partial charge < -0.3 is 0 Å². The van der Waals surface area contributed by atoms with E-state index in [4.69, 9.17) is 0 Å². The first-order chi connectivity index (χ1) is 4.81. The lowest BCUT2D eigenvalue weighted by molar-refractivity contribution is 1.15. The summed E-state index contributed by atoms with van der Waals surface area (Å²) < 4.78 is 0.527. The molecule has 10 heavy (non-hydrogen) atoms. The van der Waals surface area contributed by atoms with Gasteiger partial charge in [-0.1, -0.05) is 6.92 Å². The first-order valence-electron chi connectivity index (χ1n) is 3.40. The van der Waals surface area contributed by atoms with E-state index in [-0.39, 0.29) is 0 Å². The smallest absolute Gasteiger partial charge is 0.122 e. The Balaban J connectivity index is 2.03. The summed E-state index contributed by atoms with van der Waals surface area (Å²) in [5.74, 6) is 4.07. The molecule has 2 aliphatic heterocycles. The van der Waals surface area contributed by atoms with Crippen molar-refractivity contribution in [2.75, 3.05) is 17.3 Å². The molecule has 2 fully saturated rings. The predicted octanol–water partition coefficient (Wildman–Crippen LogP) is 2.95. The molecular formula is C6H10S4. The zero-order valence-corrected chi connectivity index (χ0v) is 9.10.